The summed E-state index contributed by atoms with van der Waals surface area (Å²) < 4.78 is 0. The molecule has 1 saturated carbocycles. The van der Waals surface area contributed by atoms with Gasteiger partial charge in [-0.3, -0.25) is 0 Å². The average Bonchev–Trinajstić information content (AvgIpc) is 2.18. The van der Waals surface area contributed by atoms with E-state index in [1.54, 1.807) is 0 Å². The first-order chi connectivity index (χ1) is 6.77. The van der Waals surface area contributed by atoms with E-state index >= 15 is 0 Å². The molecule has 2 rings (SSSR count). The number of benzene rings is 1. The van der Waals surface area contributed by atoms with E-state index in [1.165, 1.54) is 31.2 Å². The van der Waals surface area contributed by atoms with Crippen molar-refractivity contribution in [3.8, 4) is 0 Å². The van der Waals surface area contributed by atoms with Gasteiger partial charge in [-0.15, -0.1) is 0 Å². The Labute approximate surface area is 93.8 Å². The molecule has 1 aromatic carbocycles. The number of hydrogen-bond acceptors (Lipinski definition) is 1. The summed E-state index contributed by atoms with van der Waals surface area (Å²) in [5.74, 6) is 0.661. The highest BCUT2D eigenvalue weighted by Crippen LogP contribution is 2.37. The van der Waals surface area contributed by atoms with Crippen molar-refractivity contribution in [2.45, 2.75) is 36.4 Å². The highest BCUT2D eigenvalue weighted by Gasteiger charge is 2.22. The van der Waals surface area contributed by atoms with Crippen LogP contribution in [0.2, 0.25) is 0 Å². The highest BCUT2D eigenvalue weighted by molar-refractivity contribution is 9.09. The monoisotopic (exact) mass is 253 g/mol. The van der Waals surface area contributed by atoms with Crippen LogP contribution in [0.1, 0.15) is 37.2 Å². The number of alkyl halides is 1. The van der Waals surface area contributed by atoms with E-state index in [0.29, 0.717) is 10.7 Å². The lowest BCUT2D eigenvalue weighted by Gasteiger charge is -2.26. The summed E-state index contributed by atoms with van der Waals surface area (Å²) in [5.41, 5.74) is 8.28. The number of nitrogen functional groups attached to an aromatic ring is 1. The molecule has 1 aliphatic carbocycles. The number of nitrogens with two attached hydrogens (primary N) is 1. The van der Waals surface area contributed by atoms with Crippen molar-refractivity contribution >= 4 is 21.6 Å². The summed E-state index contributed by atoms with van der Waals surface area (Å²) in [6.45, 7) is 0. The Hall–Kier alpha value is -0.500. The number of hydrogen-bond donors (Lipinski definition) is 1. The maximum Gasteiger partial charge on any atom is 0.0349 e. The largest absolute Gasteiger partial charge is 0.398 e. The van der Waals surface area contributed by atoms with Gasteiger partial charge in [0.05, 0.1) is 0 Å². The van der Waals surface area contributed by atoms with Crippen molar-refractivity contribution < 1.29 is 0 Å². The minimum atomic E-state index is 0.661. The summed E-state index contributed by atoms with van der Waals surface area (Å²) in [4.78, 5) is 0.681. The second-order valence-electron chi connectivity index (χ2n) is 4.09. The van der Waals surface area contributed by atoms with Crippen LogP contribution >= 0.6 is 15.9 Å². The molecular formula is C12H16BrN. The van der Waals surface area contributed by atoms with Crippen LogP contribution in [0, 0.1) is 0 Å². The molecule has 0 spiro atoms. The summed E-state index contributed by atoms with van der Waals surface area (Å²) in [6, 6.07) is 8.27. The van der Waals surface area contributed by atoms with Gasteiger partial charge in [-0.2, -0.15) is 0 Å². The lowest BCUT2D eigenvalue weighted by Crippen LogP contribution is -2.14. The highest BCUT2D eigenvalue weighted by atomic mass is 79.9. The predicted molar refractivity (Wildman–Crippen MR) is 64.8 cm³/mol. The number of anilines is 1. The standard InChI is InChI=1S/C12H16BrN/c13-10-5-3-4-9(8-10)11-6-1-2-7-12(11)14/h1-2,6-7,9-10H,3-5,8,14H2. The summed E-state index contributed by atoms with van der Waals surface area (Å²) in [6.07, 6.45) is 5.14. The molecule has 0 radical (unpaired) electrons. The molecule has 2 unspecified atom stereocenters. The minimum absolute atomic E-state index is 0.661. The molecule has 2 N–H and O–H groups in total. The molecule has 0 amide bonds. The van der Waals surface area contributed by atoms with Crippen molar-refractivity contribution in [2.75, 3.05) is 5.73 Å². The molecule has 0 saturated heterocycles. The van der Waals surface area contributed by atoms with Gasteiger partial charge in [0.1, 0.15) is 0 Å². The van der Waals surface area contributed by atoms with E-state index in [0.717, 1.165) is 5.69 Å². The van der Waals surface area contributed by atoms with Crippen LogP contribution in [0.25, 0.3) is 0 Å². The van der Waals surface area contributed by atoms with Crippen LogP contribution in [0.5, 0.6) is 0 Å². The first kappa shape index (κ1) is 10.0. The van der Waals surface area contributed by atoms with E-state index in [9.17, 15) is 0 Å². The van der Waals surface area contributed by atoms with Crippen molar-refractivity contribution in [1.29, 1.82) is 0 Å². The van der Waals surface area contributed by atoms with Crippen molar-refractivity contribution in [2.24, 2.45) is 0 Å². The second-order valence-corrected chi connectivity index (χ2v) is 5.38. The van der Waals surface area contributed by atoms with Gasteiger partial charge in [0.2, 0.25) is 0 Å². The van der Waals surface area contributed by atoms with Crippen molar-refractivity contribution in [1.82, 2.24) is 0 Å². The van der Waals surface area contributed by atoms with Crippen molar-refractivity contribution in [3.05, 3.63) is 29.8 Å². The van der Waals surface area contributed by atoms with E-state index < -0.39 is 0 Å². The third-order valence-corrected chi connectivity index (χ3v) is 3.88. The minimum Gasteiger partial charge on any atom is -0.398 e. The van der Waals surface area contributed by atoms with Crippen LogP contribution < -0.4 is 5.73 Å². The Morgan fingerprint density at radius 1 is 1.21 bits per heavy atom. The number of halogens is 1. The average molecular weight is 254 g/mol. The summed E-state index contributed by atoms with van der Waals surface area (Å²) >= 11 is 3.71. The molecule has 0 aliphatic heterocycles. The van der Waals surface area contributed by atoms with Gasteiger partial charge in [-0.05, 0) is 36.8 Å². The van der Waals surface area contributed by atoms with E-state index in [2.05, 4.69) is 28.1 Å². The van der Waals surface area contributed by atoms with Crippen LogP contribution in [-0.2, 0) is 0 Å². The van der Waals surface area contributed by atoms with Gasteiger partial charge in [-0.25, -0.2) is 0 Å². The molecule has 1 aromatic rings. The maximum atomic E-state index is 5.98. The van der Waals surface area contributed by atoms with Crippen LogP contribution in [0.3, 0.4) is 0 Å². The molecule has 76 valence electrons. The molecule has 14 heavy (non-hydrogen) atoms. The first-order valence-corrected chi connectivity index (χ1v) is 6.17. The predicted octanol–water partition coefficient (Wildman–Crippen LogP) is 3.69. The van der Waals surface area contributed by atoms with E-state index in [4.69, 9.17) is 5.73 Å². The molecule has 0 aromatic heterocycles. The van der Waals surface area contributed by atoms with Crippen molar-refractivity contribution in [3.63, 3.8) is 0 Å². The van der Waals surface area contributed by atoms with Crippen LogP contribution in [-0.4, -0.2) is 4.83 Å². The fourth-order valence-corrected chi connectivity index (χ4v) is 3.07. The Morgan fingerprint density at radius 3 is 2.71 bits per heavy atom. The third-order valence-electron chi connectivity index (χ3n) is 3.05. The molecule has 2 heteroatoms. The summed E-state index contributed by atoms with van der Waals surface area (Å²) in [7, 11) is 0. The SMILES string of the molecule is Nc1ccccc1C1CCCC(Br)C1. The number of para-hydroxylation sites is 1. The fraction of sp³-hybridized carbons (Fsp3) is 0.500. The quantitative estimate of drug-likeness (QED) is 0.600. The smallest absolute Gasteiger partial charge is 0.0349 e. The number of rotatable bonds is 1. The van der Waals surface area contributed by atoms with Gasteiger partial charge in [-0.1, -0.05) is 40.5 Å². The van der Waals surface area contributed by atoms with E-state index in [1.807, 2.05) is 12.1 Å². The molecule has 0 bridgehead atoms. The maximum absolute atomic E-state index is 5.98. The van der Waals surface area contributed by atoms with Gasteiger partial charge < -0.3 is 5.73 Å². The second kappa shape index (κ2) is 4.35. The lowest BCUT2D eigenvalue weighted by atomic mass is 9.83. The first-order valence-electron chi connectivity index (χ1n) is 5.26. The lowest BCUT2D eigenvalue weighted by molar-refractivity contribution is 0.459. The zero-order valence-corrected chi connectivity index (χ0v) is 9.83. The van der Waals surface area contributed by atoms with Crippen LogP contribution in [0.4, 0.5) is 5.69 Å². The molecule has 2 atom stereocenters. The Kier molecular flexibility index (Phi) is 3.12. The Bertz CT molecular complexity index is 311. The molecule has 0 heterocycles. The molecule has 1 fully saturated rings. The normalized spacial score (nSPS) is 27.5. The van der Waals surface area contributed by atoms with E-state index in [-0.39, 0.29) is 0 Å². The fourth-order valence-electron chi connectivity index (χ4n) is 2.30. The Balaban J connectivity index is 2.18. The third kappa shape index (κ3) is 2.11. The van der Waals surface area contributed by atoms with Gasteiger partial charge in [0.15, 0.2) is 0 Å². The Morgan fingerprint density at radius 2 is 2.00 bits per heavy atom. The topological polar surface area (TPSA) is 26.0 Å². The van der Waals surface area contributed by atoms with Crippen LogP contribution in [0.15, 0.2) is 24.3 Å². The molecule has 1 aliphatic rings. The van der Waals surface area contributed by atoms with Gasteiger partial charge in [0, 0.05) is 10.5 Å². The molecule has 1 nitrogen and oxygen atoms in total. The van der Waals surface area contributed by atoms with Gasteiger partial charge in [0.25, 0.3) is 0 Å². The molecular weight excluding hydrogens is 238 g/mol. The van der Waals surface area contributed by atoms with Gasteiger partial charge >= 0.3 is 0 Å². The zero-order valence-electron chi connectivity index (χ0n) is 8.25. The zero-order chi connectivity index (χ0) is 9.97. The summed E-state index contributed by atoms with van der Waals surface area (Å²) in [5, 5.41) is 0.